The van der Waals surface area contributed by atoms with Gasteiger partial charge in [-0.15, -0.1) is 24.0 Å². The van der Waals surface area contributed by atoms with Crippen molar-refractivity contribution in [2.24, 2.45) is 4.99 Å². The third-order valence-electron chi connectivity index (χ3n) is 3.78. The van der Waals surface area contributed by atoms with E-state index in [4.69, 9.17) is 4.52 Å². The van der Waals surface area contributed by atoms with Gasteiger partial charge in [-0.3, -0.25) is 4.99 Å². The number of hydrogen-bond donors (Lipinski definition) is 2. The zero-order valence-corrected chi connectivity index (χ0v) is 16.1. The van der Waals surface area contributed by atoms with E-state index in [1.807, 2.05) is 7.05 Å². The number of halogens is 1. The quantitative estimate of drug-likeness (QED) is 0.320. The summed E-state index contributed by atoms with van der Waals surface area (Å²) in [5.41, 5.74) is 0. The highest BCUT2D eigenvalue weighted by atomic mass is 127. The Kier molecular flexibility index (Phi) is 8.74. The Morgan fingerprint density at radius 3 is 2.68 bits per heavy atom. The predicted octanol–water partition coefficient (Wildman–Crippen LogP) is 2.85. The molecule has 2 rings (SSSR count). The average molecular weight is 421 g/mol. The molecule has 1 fully saturated rings. The second kappa shape index (κ2) is 10.0. The predicted molar refractivity (Wildman–Crippen MR) is 98.9 cm³/mol. The standard InChI is InChI=1S/C15H27N5O.HI/c1-11(2)14-19-13(21-20-14)9-6-10-17-15(16-3)18-12-7-4-5-8-12;/h11-12H,4-10H2,1-3H3,(H2,16,17,18);1H. The molecule has 0 saturated heterocycles. The van der Waals surface area contributed by atoms with E-state index in [1.165, 1.54) is 25.7 Å². The maximum atomic E-state index is 5.23. The van der Waals surface area contributed by atoms with Crippen molar-refractivity contribution in [3.63, 3.8) is 0 Å². The first-order valence-electron chi connectivity index (χ1n) is 7.98. The summed E-state index contributed by atoms with van der Waals surface area (Å²) in [5, 5.41) is 10.8. The molecule has 7 heteroatoms. The average Bonchev–Trinajstić information content (AvgIpc) is 3.13. The van der Waals surface area contributed by atoms with Crippen LogP contribution in [0.15, 0.2) is 9.52 Å². The first kappa shape index (κ1) is 19.2. The van der Waals surface area contributed by atoms with Gasteiger partial charge >= 0.3 is 0 Å². The van der Waals surface area contributed by atoms with Gasteiger partial charge in [0.05, 0.1) is 0 Å². The van der Waals surface area contributed by atoms with Crippen molar-refractivity contribution in [2.75, 3.05) is 13.6 Å². The van der Waals surface area contributed by atoms with Crippen molar-refractivity contribution in [1.29, 1.82) is 0 Å². The number of rotatable bonds is 6. The van der Waals surface area contributed by atoms with Crippen LogP contribution in [0, 0.1) is 0 Å². The second-order valence-corrected chi connectivity index (χ2v) is 5.93. The Labute approximate surface area is 149 Å². The summed E-state index contributed by atoms with van der Waals surface area (Å²) in [6.45, 7) is 4.98. The monoisotopic (exact) mass is 421 g/mol. The van der Waals surface area contributed by atoms with E-state index < -0.39 is 0 Å². The number of aromatic nitrogens is 2. The van der Waals surface area contributed by atoms with Crippen LogP contribution in [0.1, 0.15) is 63.6 Å². The molecule has 0 aromatic carbocycles. The SMILES string of the molecule is CN=C(NCCCc1nc(C(C)C)no1)NC1CCCC1.I. The molecular weight excluding hydrogens is 393 g/mol. The lowest BCUT2D eigenvalue weighted by atomic mass is 10.2. The van der Waals surface area contributed by atoms with Gasteiger partial charge in [0, 0.05) is 32.0 Å². The molecule has 2 N–H and O–H groups in total. The summed E-state index contributed by atoms with van der Waals surface area (Å²) >= 11 is 0. The van der Waals surface area contributed by atoms with Crippen molar-refractivity contribution in [2.45, 2.75) is 64.3 Å². The zero-order chi connectivity index (χ0) is 15.1. The highest BCUT2D eigenvalue weighted by molar-refractivity contribution is 14.0. The molecule has 0 bridgehead atoms. The van der Waals surface area contributed by atoms with Crippen LogP contribution in [-0.4, -0.2) is 35.7 Å². The number of aliphatic imine (C=N–C) groups is 1. The third-order valence-corrected chi connectivity index (χ3v) is 3.78. The van der Waals surface area contributed by atoms with Gasteiger partial charge in [0.15, 0.2) is 11.8 Å². The smallest absolute Gasteiger partial charge is 0.226 e. The maximum absolute atomic E-state index is 5.23. The molecule has 6 nitrogen and oxygen atoms in total. The fraction of sp³-hybridized carbons (Fsp3) is 0.800. The number of aryl methyl sites for hydroxylation is 1. The van der Waals surface area contributed by atoms with Gasteiger partial charge in [-0.2, -0.15) is 4.98 Å². The van der Waals surface area contributed by atoms with Gasteiger partial charge in [-0.05, 0) is 19.3 Å². The molecule has 0 unspecified atom stereocenters. The van der Waals surface area contributed by atoms with Crippen molar-refractivity contribution in [3.8, 4) is 0 Å². The lowest BCUT2D eigenvalue weighted by Crippen LogP contribution is -2.42. The zero-order valence-electron chi connectivity index (χ0n) is 13.8. The molecule has 0 radical (unpaired) electrons. The van der Waals surface area contributed by atoms with Crippen LogP contribution in [0.2, 0.25) is 0 Å². The summed E-state index contributed by atoms with van der Waals surface area (Å²) in [6, 6.07) is 0.584. The van der Waals surface area contributed by atoms with Crippen molar-refractivity contribution in [1.82, 2.24) is 20.8 Å². The molecule has 0 atom stereocenters. The number of hydrogen-bond acceptors (Lipinski definition) is 4. The van der Waals surface area contributed by atoms with Crippen LogP contribution >= 0.6 is 24.0 Å². The molecule has 1 aliphatic rings. The first-order chi connectivity index (χ1) is 10.2. The molecule has 1 saturated carbocycles. The molecular formula is C15H28IN5O. The van der Waals surface area contributed by atoms with Crippen LogP contribution in [0.4, 0.5) is 0 Å². The van der Waals surface area contributed by atoms with Crippen LogP contribution in [0.25, 0.3) is 0 Å². The number of guanidine groups is 1. The van der Waals surface area contributed by atoms with E-state index in [0.29, 0.717) is 12.0 Å². The first-order valence-corrected chi connectivity index (χ1v) is 7.98. The molecule has 1 aromatic heterocycles. The van der Waals surface area contributed by atoms with Crippen LogP contribution in [0.3, 0.4) is 0 Å². The van der Waals surface area contributed by atoms with Crippen LogP contribution < -0.4 is 10.6 Å². The summed E-state index contributed by atoms with van der Waals surface area (Å²) in [6.07, 6.45) is 6.90. The Bertz CT molecular complexity index is 455. The fourth-order valence-corrected chi connectivity index (χ4v) is 2.51. The summed E-state index contributed by atoms with van der Waals surface area (Å²) < 4.78 is 5.23. The summed E-state index contributed by atoms with van der Waals surface area (Å²) in [5.74, 6) is 2.72. The fourth-order valence-electron chi connectivity index (χ4n) is 2.51. The maximum Gasteiger partial charge on any atom is 0.226 e. The van der Waals surface area contributed by atoms with E-state index >= 15 is 0 Å². The van der Waals surface area contributed by atoms with Gasteiger partial charge in [0.25, 0.3) is 0 Å². The van der Waals surface area contributed by atoms with Crippen molar-refractivity contribution < 1.29 is 4.52 Å². The minimum Gasteiger partial charge on any atom is -0.356 e. The van der Waals surface area contributed by atoms with E-state index in [0.717, 1.165) is 37.1 Å². The van der Waals surface area contributed by atoms with E-state index in [9.17, 15) is 0 Å². The Morgan fingerprint density at radius 1 is 1.36 bits per heavy atom. The van der Waals surface area contributed by atoms with Gasteiger partial charge < -0.3 is 15.2 Å². The number of nitrogens with one attached hydrogen (secondary N) is 2. The second-order valence-electron chi connectivity index (χ2n) is 5.93. The van der Waals surface area contributed by atoms with Gasteiger partial charge in [0.2, 0.25) is 5.89 Å². The molecule has 22 heavy (non-hydrogen) atoms. The Morgan fingerprint density at radius 2 is 2.09 bits per heavy atom. The Balaban J connectivity index is 0.00000242. The molecule has 1 heterocycles. The van der Waals surface area contributed by atoms with E-state index in [-0.39, 0.29) is 24.0 Å². The topological polar surface area (TPSA) is 75.3 Å². The lowest BCUT2D eigenvalue weighted by Gasteiger charge is -2.16. The van der Waals surface area contributed by atoms with Gasteiger partial charge in [0.1, 0.15) is 0 Å². The van der Waals surface area contributed by atoms with Gasteiger partial charge in [-0.25, -0.2) is 0 Å². The highest BCUT2D eigenvalue weighted by Gasteiger charge is 2.15. The molecule has 0 aliphatic heterocycles. The van der Waals surface area contributed by atoms with E-state index in [1.54, 1.807) is 0 Å². The molecule has 126 valence electrons. The summed E-state index contributed by atoms with van der Waals surface area (Å²) in [7, 11) is 1.82. The molecule has 0 amide bonds. The lowest BCUT2D eigenvalue weighted by molar-refractivity contribution is 0.368. The van der Waals surface area contributed by atoms with E-state index in [2.05, 4.69) is 39.6 Å². The molecule has 1 aliphatic carbocycles. The minimum atomic E-state index is 0. The van der Waals surface area contributed by atoms with Crippen LogP contribution in [0.5, 0.6) is 0 Å². The largest absolute Gasteiger partial charge is 0.356 e. The Hall–Kier alpha value is -0.860. The van der Waals surface area contributed by atoms with Gasteiger partial charge in [-0.1, -0.05) is 31.8 Å². The van der Waals surface area contributed by atoms with Crippen molar-refractivity contribution in [3.05, 3.63) is 11.7 Å². The molecule has 1 aromatic rings. The van der Waals surface area contributed by atoms with Crippen LogP contribution in [-0.2, 0) is 6.42 Å². The minimum absolute atomic E-state index is 0. The molecule has 0 spiro atoms. The van der Waals surface area contributed by atoms with Crippen molar-refractivity contribution >= 4 is 29.9 Å². The highest BCUT2D eigenvalue weighted by Crippen LogP contribution is 2.17. The summed E-state index contributed by atoms with van der Waals surface area (Å²) in [4.78, 5) is 8.64. The normalized spacial score (nSPS) is 15.9. The number of nitrogens with zero attached hydrogens (tertiary/aromatic N) is 3. The third kappa shape index (κ3) is 6.10.